The first-order valence-corrected chi connectivity index (χ1v) is 9.90. The summed E-state index contributed by atoms with van der Waals surface area (Å²) in [7, 11) is 3.47. The predicted molar refractivity (Wildman–Crippen MR) is 111 cm³/mol. The van der Waals surface area contributed by atoms with Crippen molar-refractivity contribution in [1.29, 1.82) is 0 Å². The fraction of sp³-hybridized carbons (Fsp3) is 0.350. The fourth-order valence-electron chi connectivity index (χ4n) is 3.70. The largest absolute Gasteiger partial charge is 0.497 e. The molecule has 3 aromatic heterocycles. The lowest BCUT2D eigenvalue weighted by atomic mass is 10.1. The second-order valence-electron chi connectivity index (χ2n) is 7.38. The van der Waals surface area contributed by atoms with Gasteiger partial charge in [0, 0.05) is 25.2 Å². The number of benzene rings is 1. The van der Waals surface area contributed by atoms with Crippen LogP contribution in [0.2, 0.25) is 0 Å². The van der Waals surface area contributed by atoms with E-state index in [9.17, 15) is 4.79 Å². The molecule has 1 saturated heterocycles. The number of carbonyl (C=O) groups is 1. The van der Waals surface area contributed by atoms with Gasteiger partial charge in [-0.15, -0.1) is 5.10 Å². The highest BCUT2D eigenvalue weighted by atomic mass is 16.5. The summed E-state index contributed by atoms with van der Waals surface area (Å²) in [5.41, 5.74) is 2.18. The molecule has 1 amide bonds. The zero-order valence-corrected chi connectivity index (χ0v) is 16.8. The smallest absolute Gasteiger partial charge is 0.242 e. The van der Waals surface area contributed by atoms with Crippen LogP contribution < -0.4 is 15.4 Å². The number of methoxy groups -OCH3 is 1. The molecule has 1 fully saturated rings. The van der Waals surface area contributed by atoms with Gasteiger partial charge in [-0.1, -0.05) is 0 Å². The summed E-state index contributed by atoms with van der Waals surface area (Å²) < 4.78 is 8.74. The molecule has 1 aliphatic heterocycles. The van der Waals surface area contributed by atoms with Crippen molar-refractivity contribution in [2.45, 2.75) is 25.3 Å². The van der Waals surface area contributed by atoms with Crippen LogP contribution in [-0.4, -0.2) is 55.0 Å². The van der Waals surface area contributed by atoms with Gasteiger partial charge >= 0.3 is 0 Å². The van der Waals surface area contributed by atoms with Gasteiger partial charge in [-0.05, 0) is 37.5 Å². The van der Waals surface area contributed by atoms with Gasteiger partial charge in [-0.2, -0.15) is 9.61 Å². The van der Waals surface area contributed by atoms with E-state index in [1.54, 1.807) is 22.5 Å². The Morgan fingerprint density at radius 1 is 1.27 bits per heavy atom. The van der Waals surface area contributed by atoms with E-state index in [1.807, 2.05) is 31.4 Å². The van der Waals surface area contributed by atoms with Crippen molar-refractivity contribution in [3.8, 4) is 17.1 Å². The number of rotatable bonds is 4. The molecule has 4 heterocycles. The summed E-state index contributed by atoms with van der Waals surface area (Å²) in [6.07, 6.45) is 6.24. The molecular formula is C20H22N8O2. The third kappa shape index (κ3) is 3.19. The highest BCUT2D eigenvalue weighted by Gasteiger charge is 2.23. The van der Waals surface area contributed by atoms with Gasteiger partial charge in [0.2, 0.25) is 11.9 Å². The van der Waals surface area contributed by atoms with Crippen molar-refractivity contribution in [3.05, 3.63) is 30.6 Å². The maximum Gasteiger partial charge on any atom is 0.242 e. The monoisotopic (exact) mass is 406 g/mol. The number of aryl methyl sites for hydroxylation is 1. The van der Waals surface area contributed by atoms with Gasteiger partial charge in [-0.3, -0.25) is 9.48 Å². The Morgan fingerprint density at radius 2 is 2.17 bits per heavy atom. The van der Waals surface area contributed by atoms with Crippen molar-refractivity contribution in [2.75, 3.05) is 19.0 Å². The van der Waals surface area contributed by atoms with Crippen LogP contribution in [0, 0.1) is 0 Å². The molecule has 5 rings (SSSR count). The molecule has 4 aromatic rings. The van der Waals surface area contributed by atoms with E-state index in [0.29, 0.717) is 29.7 Å². The van der Waals surface area contributed by atoms with Crippen molar-refractivity contribution < 1.29 is 9.53 Å². The first-order chi connectivity index (χ1) is 14.6. The lowest BCUT2D eigenvalue weighted by molar-refractivity contribution is -0.121. The first-order valence-electron chi connectivity index (χ1n) is 9.90. The number of aromatic nitrogens is 6. The highest BCUT2D eigenvalue weighted by molar-refractivity contribution is 5.94. The second kappa shape index (κ2) is 7.29. The van der Waals surface area contributed by atoms with Gasteiger partial charge in [0.05, 0.1) is 24.4 Å². The Hall–Kier alpha value is -3.69. The number of nitrogens with one attached hydrogen (secondary N) is 2. The number of nitrogens with zero attached hydrogens (tertiary/aromatic N) is 6. The van der Waals surface area contributed by atoms with Crippen molar-refractivity contribution in [2.24, 2.45) is 7.05 Å². The Morgan fingerprint density at radius 3 is 2.97 bits per heavy atom. The second-order valence-corrected chi connectivity index (χ2v) is 7.38. The van der Waals surface area contributed by atoms with E-state index in [-0.39, 0.29) is 11.9 Å². The number of amides is 1. The SMILES string of the molecule is COc1ccc2nc(N[C@@H]3CCCCNC3=O)n3nc(-c4cnn(C)c4)nc3c2c1. The third-order valence-electron chi connectivity index (χ3n) is 5.28. The summed E-state index contributed by atoms with van der Waals surface area (Å²) in [6, 6.07) is 5.25. The number of carbonyl (C=O) groups excluding carboxylic acids is 1. The van der Waals surface area contributed by atoms with Gasteiger partial charge < -0.3 is 15.4 Å². The molecule has 1 atom stereocenters. The van der Waals surface area contributed by atoms with Gasteiger partial charge in [-0.25, -0.2) is 9.97 Å². The molecule has 1 aliphatic rings. The lowest BCUT2D eigenvalue weighted by Crippen LogP contribution is -2.38. The van der Waals surface area contributed by atoms with E-state index < -0.39 is 0 Å². The average Bonchev–Trinajstić information content (AvgIpc) is 3.33. The molecular weight excluding hydrogens is 384 g/mol. The Labute approximate surface area is 172 Å². The normalized spacial score (nSPS) is 17.1. The van der Waals surface area contributed by atoms with E-state index in [2.05, 4.69) is 20.8 Å². The van der Waals surface area contributed by atoms with Gasteiger partial charge in [0.15, 0.2) is 11.5 Å². The summed E-state index contributed by atoms with van der Waals surface area (Å²) in [4.78, 5) is 22.0. The van der Waals surface area contributed by atoms with E-state index >= 15 is 0 Å². The fourth-order valence-corrected chi connectivity index (χ4v) is 3.70. The van der Waals surface area contributed by atoms with Crippen LogP contribution in [0.4, 0.5) is 5.95 Å². The molecule has 0 aliphatic carbocycles. The molecule has 0 radical (unpaired) electrons. The molecule has 10 nitrogen and oxygen atoms in total. The van der Waals surface area contributed by atoms with E-state index in [1.165, 1.54) is 0 Å². The molecule has 0 unspecified atom stereocenters. The summed E-state index contributed by atoms with van der Waals surface area (Å²) in [6.45, 7) is 0.700. The lowest BCUT2D eigenvalue weighted by Gasteiger charge is -2.16. The summed E-state index contributed by atoms with van der Waals surface area (Å²) in [5, 5.41) is 15.9. The van der Waals surface area contributed by atoms with Crippen LogP contribution in [0.15, 0.2) is 30.6 Å². The Balaban J connectivity index is 1.68. The van der Waals surface area contributed by atoms with Crippen molar-refractivity contribution in [3.63, 3.8) is 0 Å². The Kier molecular flexibility index (Phi) is 4.46. The molecule has 2 N–H and O–H groups in total. The van der Waals surface area contributed by atoms with E-state index in [4.69, 9.17) is 14.7 Å². The zero-order valence-electron chi connectivity index (χ0n) is 16.8. The van der Waals surface area contributed by atoms with Crippen LogP contribution in [0.5, 0.6) is 5.75 Å². The average molecular weight is 406 g/mol. The van der Waals surface area contributed by atoms with Crippen LogP contribution in [0.3, 0.4) is 0 Å². The first kappa shape index (κ1) is 18.3. The van der Waals surface area contributed by atoms with Crippen LogP contribution >= 0.6 is 0 Å². The highest BCUT2D eigenvalue weighted by Crippen LogP contribution is 2.27. The molecule has 0 bridgehead atoms. The minimum atomic E-state index is -0.370. The maximum absolute atomic E-state index is 12.5. The van der Waals surface area contributed by atoms with Crippen LogP contribution in [-0.2, 0) is 11.8 Å². The Bertz CT molecular complexity index is 1240. The molecule has 0 saturated carbocycles. The minimum absolute atomic E-state index is 0.0233. The standard InChI is InChI=1S/C20H22N8O2/c1-27-11-12(10-22-27)17-25-18-14-9-13(30-2)6-7-15(14)23-20(28(18)26-17)24-16-5-3-4-8-21-19(16)29/h6-7,9-11,16H,3-5,8H2,1-2H3,(H,21,29)(H,23,24)/t16-/m1/s1. The topological polar surface area (TPSA) is 111 Å². The quantitative estimate of drug-likeness (QED) is 0.531. The van der Waals surface area contributed by atoms with Gasteiger partial charge in [0.1, 0.15) is 11.8 Å². The molecule has 10 heteroatoms. The maximum atomic E-state index is 12.5. The number of hydrogen-bond acceptors (Lipinski definition) is 7. The number of anilines is 1. The molecule has 30 heavy (non-hydrogen) atoms. The summed E-state index contributed by atoms with van der Waals surface area (Å²) in [5.74, 6) is 1.70. The van der Waals surface area contributed by atoms with Gasteiger partial charge in [0.25, 0.3) is 0 Å². The predicted octanol–water partition coefficient (Wildman–Crippen LogP) is 1.77. The van der Waals surface area contributed by atoms with Crippen LogP contribution in [0.25, 0.3) is 27.9 Å². The minimum Gasteiger partial charge on any atom is -0.497 e. The summed E-state index contributed by atoms with van der Waals surface area (Å²) >= 11 is 0. The number of hydrogen-bond donors (Lipinski definition) is 2. The molecule has 1 aromatic carbocycles. The third-order valence-corrected chi connectivity index (χ3v) is 5.28. The zero-order chi connectivity index (χ0) is 20.7. The number of fused-ring (bicyclic) bond motifs is 3. The van der Waals surface area contributed by atoms with E-state index in [0.717, 1.165) is 35.7 Å². The van der Waals surface area contributed by atoms with Crippen molar-refractivity contribution in [1.82, 2.24) is 34.7 Å². The van der Waals surface area contributed by atoms with Crippen LogP contribution in [0.1, 0.15) is 19.3 Å². The molecule has 154 valence electrons. The molecule has 0 spiro atoms. The number of ether oxygens (including phenoxy) is 1. The van der Waals surface area contributed by atoms with Crippen molar-refractivity contribution >= 4 is 28.4 Å².